The molecule has 0 saturated heterocycles. The van der Waals surface area contributed by atoms with Crippen molar-refractivity contribution in [3.05, 3.63) is 66.1 Å². The number of amides is 1. The molecule has 0 radical (unpaired) electrons. The summed E-state index contributed by atoms with van der Waals surface area (Å²) in [5.74, 6) is 0.748. The number of imidazole rings is 1. The fourth-order valence-corrected chi connectivity index (χ4v) is 3.04. The second-order valence-electron chi connectivity index (χ2n) is 5.96. The van der Waals surface area contributed by atoms with E-state index in [2.05, 4.69) is 10.3 Å². The number of nitrogens with zero attached hydrogens (tertiary/aromatic N) is 3. The average Bonchev–Trinajstić information content (AvgIpc) is 3.13. The molecule has 24 heavy (non-hydrogen) atoms. The molecular weight excluding hydrogens is 300 g/mol. The van der Waals surface area contributed by atoms with Crippen LogP contribution >= 0.6 is 0 Å². The highest BCUT2D eigenvalue weighted by molar-refractivity contribution is 5.98. The predicted molar refractivity (Wildman–Crippen MR) is 94.8 cm³/mol. The number of aryl methyl sites for hydroxylation is 2. The first-order chi connectivity index (χ1) is 11.6. The minimum Gasteiger partial charge on any atom is -0.351 e. The second kappa shape index (κ2) is 5.53. The van der Waals surface area contributed by atoms with Gasteiger partial charge in [-0.25, -0.2) is 4.98 Å². The molecule has 5 nitrogen and oxygen atoms in total. The predicted octanol–water partition coefficient (Wildman–Crippen LogP) is 3.00. The van der Waals surface area contributed by atoms with Crippen LogP contribution in [0.4, 0.5) is 0 Å². The first kappa shape index (κ1) is 14.5. The number of fused-ring (bicyclic) bond motifs is 2. The summed E-state index contributed by atoms with van der Waals surface area (Å²) in [6.45, 7) is 0.400. The monoisotopic (exact) mass is 318 g/mol. The molecule has 0 unspecified atom stereocenters. The van der Waals surface area contributed by atoms with E-state index in [0.717, 1.165) is 27.8 Å². The van der Waals surface area contributed by atoms with Crippen LogP contribution in [0, 0.1) is 0 Å². The average molecular weight is 318 g/mol. The lowest BCUT2D eigenvalue weighted by Gasteiger charge is -2.06. The van der Waals surface area contributed by atoms with Crippen molar-refractivity contribution < 1.29 is 4.79 Å². The number of hydrogen-bond acceptors (Lipinski definition) is 2. The number of carbonyl (C=O) groups excluding carboxylic acids is 1. The molecule has 4 rings (SSSR count). The van der Waals surface area contributed by atoms with E-state index in [-0.39, 0.29) is 5.91 Å². The zero-order valence-corrected chi connectivity index (χ0v) is 13.7. The van der Waals surface area contributed by atoms with Crippen molar-refractivity contribution in [1.82, 2.24) is 19.4 Å². The molecule has 2 heterocycles. The molecule has 0 saturated carbocycles. The number of rotatable bonds is 3. The summed E-state index contributed by atoms with van der Waals surface area (Å²) < 4.78 is 4.05. The minimum atomic E-state index is -0.0900. The van der Waals surface area contributed by atoms with Gasteiger partial charge in [0.15, 0.2) is 0 Å². The van der Waals surface area contributed by atoms with Crippen molar-refractivity contribution in [2.24, 2.45) is 14.1 Å². The molecule has 2 aromatic carbocycles. The van der Waals surface area contributed by atoms with Crippen molar-refractivity contribution in [2.75, 3.05) is 0 Å². The van der Waals surface area contributed by atoms with Crippen molar-refractivity contribution in [3.63, 3.8) is 0 Å². The van der Waals surface area contributed by atoms with Crippen molar-refractivity contribution in [3.8, 4) is 0 Å². The van der Waals surface area contributed by atoms with Crippen molar-refractivity contribution in [1.29, 1.82) is 0 Å². The van der Waals surface area contributed by atoms with Crippen molar-refractivity contribution in [2.45, 2.75) is 6.54 Å². The smallest absolute Gasteiger partial charge is 0.251 e. The topological polar surface area (TPSA) is 51.9 Å². The molecule has 5 heteroatoms. The van der Waals surface area contributed by atoms with Gasteiger partial charge >= 0.3 is 0 Å². The Morgan fingerprint density at radius 2 is 1.92 bits per heavy atom. The molecule has 0 atom stereocenters. The molecule has 0 bridgehead atoms. The Morgan fingerprint density at radius 1 is 1.08 bits per heavy atom. The normalized spacial score (nSPS) is 11.2. The van der Waals surface area contributed by atoms with Crippen LogP contribution in [0.3, 0.4) is 0 Å². The largest absolute Gasteiger partial charge is 0.351 e. The van der Waals surface area contributed by atoms with Crippen LogP contribution in [-0.4, -0.2) is 20.0 Å². The van der Waals surface area contributed by atoms with Gasteiger partial charge in [0.1, 0.15) is 5.82 Å². The van der Waals surface area contributed by atoms with Gasteiger partial charge in [-0.05, 0) is 36.4 Å². The highest BCUT2D eigenvalue weighted by atomic mass is 16.1. The van der Waals surface area contributed by atoms with E-state index in [1.54, 1.807) is 0 Å². The van der Waals surface area contributed by atoms with Crippen LogP contribution < -0.4 is 5.32 Å². The summed E-state index contributed by atoms with van der Waals surface area (Å²) >= 11 is 0. The fourth-order valence-electron chi connectivity index (χ4n) is 3.04. The summed E-state index contributed by atoms with van der Waals surface area (Å²) in [6.07, 6.45) is 1.99. The first-order valence-electron chi connectivity index (χ1n) is 7.87. The molecule has 0 aliphatic rings. The number of nitrogens with one attached hydrogen (secondary N) is 1. The minimum absolute atomic E-state index is 0.0900. The number of carbonyl (C=O) groups is 1. The lowest BCUT2D eigenvalue weighted by molar-refractivity contribution is 0.0950. The van der Waals surface area contributed by atoms with Crippen LogP contribution in [-0.2, 0) is 20.6 Å². The van der Waals surface area contributed by atoms with Crippen LogP contribution in [0.2, 0.25) is 0 Å². The molecule has 0 aliphatic heterocycles. The molecule has 1 amide bonds. The van der Waals surface area contributed by atoms with Crippen LogP contribution in [0.25, 0.3) is 21.9 Å². The van der Waals surface area contributed by atoms with E-state index in [1.807, 2.05) is 78.0 Å². The van der Waals surface area contributed by atoms with E-state index in [1.165, 1.54) is 0 Å². The van der Waals surface area contributed by atoms with E-state index in [9.17, 15) is 4.79 Å². The van der Waals surface area contributed by atoms with E-state index >= 15 is 0 Å². The van der Waals surface area contributed by atoms with Crippen LogP contribution in [0.15, 0.2) is 54.7 Å². The Labute approximate surface area is 139 Å². The summed E-state index contributed by atoms with van der Waals surface area (Å²) in [5, 5.41) is 4.02. The third kappa shape index (κ3) is 2.34. The maximum atomic E-state index is 12.4. The Balaban J connectivity index is 1.55. The molecule has 120 valence electrons. The van der Waals surface area contributed by atoms with E-state index < -0.39 is 0 Å². The van der Waals surface area contributed by atoms with Gasteiger partial charge in [0.25, 0.3) is 5.91 Å². The molecule has 0 aliphatic carbocycles. The van der Waals surface area contributed by atoms with Crippen LogP contribution in [0.1, 0.15) is 16.2 Å². The van der Waals surface area contributed by atoms with Gasteiger partial charge in [-0.3, -0.25) is 4.79 Å². The summed E-state index contributed by atoms with van der Waals surface area (Å²) in [6, 6.07) is 15.7. The number of para-hydroxylation sites is 2. The fraction of sp³-hybridized carbons (Fsp3) is 0.158. The van der Waals surface area contributed by atoms with Gasteiger partial charge in [0, 0.05) is 36.8 Å². The Morgan fingerprint density at radius 3 is 2.75 bits per heavy atom. The lowest BCUT2D eigenvalue weighted by Crippen LogP contribution is -2.24. The van der Waals surface area contributed by atoms with E-state index in [0.29, 0.717) is 12.1 Å². The highest BCUT2D eigenvalue weighted by Gasteiger charge is 2.11. The third-order valence-corrected chi connectivity index (χ3v) is 4.43. The summed E-state index contributed by atoms with van der Waals surface area (Å²) in [4.78, 5) is 17.0. The van der Waals surface area contributed by atoms with Gasteiger partial charge < -0.3 is 14.5 Å². The van der Waals surface area contributed by atoms with Gasteiger partial charge in [0.2, 0.25) is 0 Å². The first-order valence-corrected chi connectivity index (χ1v) is 7.87. The van der Waals surface area contributed by atoms with Crippen LogP contribution in [0.5, 0.6) is 0 Å². The molecule has 4 aromatic rings. The Kier molecular flexibility index (Phi) is 3.34. The zero-order chi connectivity index (χ0) is 16.7. The molecular formula is C19H18N4O. The molecule has 1 N–H and O–H groups in total. The summed E-state index contributed by atoms with van der Waals surface area (Å²) in [7, 11) is 3.96. The van der Waals surface area contributed by atoms with Gasteiger partial charge in [-0.15, -0.1) is 0 Å². The van der Waals surface area contributed by atoms with Gasteiger partial charge in [-0.2, -0.15) is 0 Å². The number of aromatic nitrogens is 3. The van der Waals surface area contributed by atoms with Gasteiger partial charge in [0.05, 0.1) is 17.6 Å². The number of benzene rings is 2. The molecule has 0 fully saturated rings. The molecule has 2 aromatic heterocycles. The quantitative estimate of drug-likeness (QED) is 0.631. The highest BCUT2D eigenvalue weighted by Crippen LogP contribution is 2.17. The van der Waals surface area contributed by atoms with Gasteiger partial charge in [-0.1, -0.05) is 12.1 Å². The second-order valence-corrected chi connectivity index (χ2v) is 5.96. The van der Waals surface area contributed by atoms with Crippen molar-refractivity contribution >= 4 is 27.8 Å². The maximum absolute atomic E-state index is 12.4. The Hall–Kier alpha value is -3.08. The molecule has 0 spiro atoms. The standard InChI is InChI=1S/C19H18N4O/c1-22-10-9-13-11-14(7-8-16(13)22)19(24)20-12-18-21-15-5-3-4-6-17(15)23(18)2/h3-11H,12H2,1-2H3,(H,20,24). The van der Waals surface area contributed by atoms with E-state index in [4.69, 9.17) is 0 Å². The lowest BCUT2D eigenvalue weighted by atomic mass is 10.1. The third-order valence-electron chi connectivity index (χ3n) is 4.43. The number of hydrogen-bond donors (Lipinski definition) is 1. The maximum Gasteiger partial charge on any atom is 0.251 e. The summed E-state index contributed by atoms with van der Waals surface area (Å²) in [5.41, 5.74) is 3.77. The zero-order valence-electron chi connectivity index (χ0n) is 13.7. The SMILES string of the molecule is Cn1ccc2cc(C(=O)NCc3nc4ccccc4n3C)ccc21. The Bertz CT molecular complexity index is 1060.